The van der Waals surface area contributed by atoms with E-state index in [0.717, 1.165) is 11.1 Å². The van der Waals surface area contributed by atoms with Gasteiger partial charge in [0.25, 0.3) is 0 Å². The number of benzene rings is 1. The van der Waals surface area contributed by atoms with Gasteiger partial charge >= 0.3 is 5.97 Å². The second kappa shape index (κ2) is 5.61. The van der Waals surface area contributed by atoms with Gasteiger partial charge in [-0.05, 0) is 42.0 Å². The summed E-state index contributed by atoms with van der Waals surface area (Å²) < 4.78 is 4.78. The molecule has 0 radical (unpaired) electrons. The molecule has 0 heterocycles. The number of rotatable bonds is 3. The van der Waals surface area contributed by atoms with Crippen LogP contribution < -0.4 is 0 Å². The number of phenols is 1. The Morgan fingerprint density at radius 3 is 2.42 bits per heavy atom. The van der Waals surface area contributed by atoms with Gasteiger partial charge in [0.05, 0.1) is 6.61 Å². The molecule has 0 spiro atoms. The van der Waals surface area contributed by atoms with Crippen molar-refractivity contribution in [2.24, 2.45) is 0 Å². The fraction of sp³-hybridized carbons (Fsp3) is 0.533. The van der Waals surface area contributed by atoms with Crippen molar-refractivity contribution in [1.82, 2.24) is 0 Å². The quantitative estimate of drug-likeness (QED) is 0.825. The second-order valence-electron chi connectivity index (χ2n) is 5.63. The predicted octanol–water partition coefficient (Wildman–Crippen LogP) is 2.59. The minimum absolute atomic E-state index is 0.0800. The number of carbonyl (C=O) groups is 1. The summed E-state index contributed by atoms with van der Waals surface area (Å²) in [6, 6.07) is 3.24. The van der Waals surface area contributed by atoms with Gasteiger partial charge in [-0.2, -0.15) is 0 Å². The third kappa shape index (κ3) is 3.47. The van der Waals surface area contributed by atoms with Crippen molar-refractivity contribution in [1.29, 1.82) is 0 Å². The van der Waals surface area contributed by atoms with Crippen LogP contribution in [0.2, 0.25) is 0 Å². The van der Waals surface area contributed by atoms with Crippen LogP contribution in [0.5, 0.6) is 5.75 Å². The average Bonchev–Trinajstić information content (AvgIpc) is 2.29. The molecule has 19 heavy (non-hydrogen) atoms. The molecule has 0 aromatic heterocycles. The fourth-order valence-electron chi connectivity index (χ4n) is 1.96. The maximum atomic E-state index is 11.5. The first-order valence-electron chi connectivity index (χ1n) is 6.37. The largest absolute Gasteiger partial charge is 0.508 e. The van der Waals surface area contributed by atoms with E-state index in [2.05, 4.69) is 0 Å². The molecule has 0 bridgehead atoms. The highest BCUT2D eigenvalue weighted by Crippen LogP contribution is 2.34. The molecule has 1 aromatic carbocycles. The summed E-state index contributed by atoms with van der Waals surface area (Å²) in [7, 11) is 0. The third-order valence-corrected chi connectivity index (χ3v) is 3.00. The predicted molar refractivity (Wildman–Crippen MR) is 73.1 cm³/mol. The van der Waals surface area contributed by atoms with Gasteiger partial charge in [-0.1, -0.05) is 26.8 Å². The highest BCUT2D eigenvalue weighted by molar-refractivity contribution is 5.77. The summed E-state index contributed by atoms with van der Waals surface area (Å²) in [6.45, 7) is 9.65. The van der Waals surface area contributed by atoms with E-state index in [-0.39, 0.29) is 17.8 Å². The normalized spacial score (nSPS) is 13.2. The lowest BCUT2D eigenvalue weighted by atomic mass is 9.84. The molecule has 0 aliphatic rings. The van der Waals surface area contributed by atoms with E-state index in [1.807, 2.05) is 20.8 Å². The zero-order valence-electron chi connectivity index (χ0n) is 12.2. The second-order valence-corrected chi connectivity index (χ2v) is 5.63. The molecule has 2 N–H and O–H groups in total. The summed E-state index contributed by atoms with van der Waals surface area (Å²) >= 11 is 0. The Morgan fingerprint density at radius 2 is 1.95 bits per heavy atom. The van der Waals surface area contributed by atoms with E-state index in [1.165, 1.54) is 6.07 Å². The molecule has 1 atom stereocenters. The van der Waals surface area contributed by atoms with E-state index in [1.54, 1.807) is 19.9 Å². The zero-order chi connectivity index (χ0) is 14.8. The van der Waals surface area contributed by atoms with Gasteiger partial charge in [0.15, 0.2) is 6.10 Å². The Bertz CT molecular complexity index is 472. The summed E-state index contributed by atoms with van der Waals surface area (Å²) in [6.07, 6.45) is -1.36. The molecular weight excluding hydrogens is 244 g/mol. The number of phenolic OH excluding ortho intramolecular Hbond substituents is 1. The molecule has 0 aliphatic carbocycles. The van der Waals surface area contributed by atoms with Crippen molar-refractivity contribution in [3.05, 3.63) is 28.8 Å². The topological polar surface area (TPSA) is 66.8 Å². The van der Waals surface area contributed by atoms with Crippen LogP contribution in [0.4, 0.5) is 0 Å². The monoisotopic (exact) mass is 266 g/mol. The van der Waals surface area contributed by atoms with Crippen LogP contribution >= 0.6 is 0 Å². The molecule has 4 nitrogen and oxygen atoms in total. The molecule has 0 saturated heterocycles. The molecule has 1 unspecified atom stereocenters. The minimum atomic E-state index is -1.36. The summed E-state index contributed by atoms with van der Waals surface area (Å²) in [5.74, 6) is -0.620. The summed E-state index contributed by atoms with van der Waals surface area (Å²) in [5, 5.41) is 20.0. The van der Waals surface area contributed by atoms with Crippen LogP contribution in [-0.2, 0) is 14.9 Å². The van der Waals surface area contributed by atoms with Gasteiger partial charge < -0.3 is 14.9 Å². The van der Waals surface area contributed by atoms with Crippen LogP contribution in [0, 0.1) is 6.92 Å². The van der Waals surface area contributed by atoms with Crippen LogP contribution in [0.15, 0.2) is 12.1 Å². The lowest BCUT2D eigenvalue weighted by Gasteiger charge is -2.23. The maximum absolute atomic E-state index is 11.5. The van der Waals surface area contributed by atoms with Crippen molar-refractivity contribution in [2.75, 3.05) is 6.61 Å². The number of ether oxygens (including phenoxy) is 1. The van der Waals surface area contributed by atoms with Gasteiger partial charge in [0.1, 0.15) is 5.75 Å². The van der Waals surface area contributed by atoms with E-state index < -0.39 is 12.1 Å². The van der Waals surface area contributed by atoms with Gasteiger partial charge in [0, 0.05) is 0 Å². The van der Waals surface area contributed by atoms with E-state index >= 15 is 0 Å². The molecule has 0 amide bonds. The number of esters is 1. The molecule has 0 saturated carbocycles. The first-order chi connectivity index (χ1) is 8.68. The molecule has 0 aliphatic heterocycles. The molecule has 1 rings (SSSR count). The summed E-state index contributed by atoms with van der Waals surface area (Å²) in [5.41, 5.74) is 1.71. The highest BCUT2D eigenvalue weighted by atomic mass is 16.5. The maximum Gasteiger partial charge on any atom is 0.339 e. The smallest absolute Gasteiger partial charge is 0.339 e. The van der Waals surface area contributed by atoms with Gasteiger partial charge in [-0.3, -0.25) is 0 Å². The highest BCUT2D eigenvalue weighted by Gasteiger charge is 2.25. The number of carbonyl (C=O) groups excluding carboxylic acids is 1. The number of aryl methyl sites for hydroxylation is 1. The number of hydrogen-bond acceptors (Lipinski definition) is 4. The van der Waals surface area contributed by atoms with Crippen LogP contribution in [0.1, 0.15) is 50.5 Å². The molecule has 106 valence electrons. The minimum Gasteiger partial charge on any atom is -0.508 e. The molecule has 0 fully saturated rings. The standard InChI is InChI=1S/C15H22O4/c1-6-19-14(18)13(17)10-8-12(16)11(7-9(10)2)15(3,4)5/h7-8,13,16-17H,6H2,1-5H3. The first-order valence-corrected chi connectivity index (χ1v) is 6.37. The Morgan fingerprint density at radius 1 is 1.37 bits per heavy atom. The van der Waals surface area contributed by atoms with Gasteiger partial charge in [0.2, 0.25) is 0 Å². The third-order valence-electron chi connectivity index (χ3n) is 3.00. The van der Waals surface area contributed by atoms with Gasteiger partial charge in [-0.25, -0.2) is 4.79 Å². The SMILES string of the molecule is CCOC(=O)C(O)c1cc(O)c(C(C)(C)C)cc1C. The van der Waals surface area contributed by atoms with Crippen LogP contribution in [0.3, 0.4) is 0 Å². The van der Waals surface area contributed by atoms with Crippen LogP contribution in [0.25, 0.3) is 0 Å². The molecule has 1 aromatic rings. The zero-order valence-corrected chi connectivity index (χ0v) is 12.2. The van der Waals surface area contributed by atoms with Crippen molar-refractivity contribution in [3.63, 3.8) is 0 Å². The molecule has 4 heteroatoms. The van der Waals surface area contributed by atoms with Crippen molar-refractivity contribution in [2.45, 2.75) is 46.1 Å². The molecular formula is C15H22O4. The lowest BCUT2D eigenvalue weighted by molar-refractivity contribution is -0.153. The van der Waals surface area contributed by atoms with Gasteiger partial charge in [-0.15, -0.1) is 0 Å². The van der Waals surface area contributed by atoms with E-state index in [9.17, 15) is 15.0 Å². The average molecular weight is 266 g/mol. The fourth-order valence-corrected chi connectivity index (χ4v) is 1.96. The van der Waals surface area contributed by atoms with Crippen molar-refractivity contribution >= 4 is 5.97 Å². The Kier molecular flexibility index (Phi) is 4.58. The lowest BCUT2D eigenvalue weighted by Crippen LogP contribution is -2.18. The van der Waals surface area contributed by atoms with Crippen molar-refractivity contribution < 1.29 is 19.7 Å². The van der Waals surface area contributed by atoms with Crippen LogP contribution in [-0.4, -0.2) is 22.8 Å². The first kappa shape index (κ1) is 15.5. The number of aromatic hydroxyl groups is 1. The number of aliphatic hydroxyl groups is 1. The summed E-state index contributed by atoms with van der Waals surface area (Å²) in [4.78, 5) is 11.5. The van der Waals surface area contributed by atoms with Crippen molar-refractivity contribution in [3.8, 4) is 5.75 Å². The number of hydrogen-bond donors (Lipinski definition) is 2. The van der Waals surface area contributed by atoms with E-state index in [4.69, 9.17) is 4.74 Å². The Hall–Kier alpha value is -1.55. The number of aliphatic hydroxyl groups excluding tert-OH is 1. The van der Waals surface area contributed by atoms with E-state index in [0.29, 0.717) is 5.56 Å². The Labute approximate surface area is 114 Å². The Balaban J connectivity index is 3.19.